The monoisotopic (exact) mass is 717 g/mol. The maximum Gasteiger partial charge on any atom is 0.273 e. The molecule has 1 aliphatic heterocycles. The minimum absolute atomic E-state index is 0.0237. The van der Waals surface area contributed by atoms with Crippen LogP contribution in [-0.4, -0.2) is 59.1 Å². The number of hydrazine groups is 1. The molecule has 17 heteroatoms. The van der Waals surface area contributed by atoms with Crippen LogP contribution in [0.3, 0.4) is 0 Å². The number of hydrogen-bond acceptors (Lipinski definition) is 6. The lowest BCUT2D eigenvalue weighted by molar-refractivity contribution is -0.384. The summed E-state index contributed by atoms with van der Waals surface area (Å²) in [6.45, 7) is -0.875. The third kappa shape index (κ3) is 4.04. The molecule has 0 aromatic heterocycles. The lowest BCUT2D eigenvalue weighted by Gasteiger charge is -2.36. The molecule has 1 saturated carbocycles. The van der Waals surface area contributed by atoms with Gasteiger partial charge in [0.1, 0.15) is 16.3 Å². The molecule has 2 aromatic carbocycles. The summed E-state index contributed by atoms with van der Waals surface area (Å²) in [5.74, 6) is -7.08. The Hall–Kier alpha value is -1.82. The number of allylic oxidation sites excluding steroid dienone is 2. The van der Waals surface area contributed by atoms with Crippen molar-refractivity contribution in [2.75, 3.05) is 6.54 Å². The number of nitrogens with zero attached hydrogens (tertiary/aromatic N) is 3. The van der Waals surface area contributed by atoms with Crippen LogP contribution in [0.25, 0.3) is 0 Å². The van der Waals surface area contributed by atoms with Gasteiger partial charge in [-0.05, 0) is 30.3 Å². The first-order chi connectivity index (χ1) is 19.0. The van der Waals surface area contributed by atoms with Gasteiger partial charge in [0, 0.05) is 23.3 Å². The van der Waals surface area contributed by atoms with Crippen molar-refractivity contribution in [3.63, 3.8) is 0 Å². The summed E-state index contributed by atoms with van der Waals surface area (Å²) in [5.41, 5.74) is -0.487. The molecule has 2 fully saturated rings. The molecule has 5 rings (SSSR count). The topological polar surface area (TPSA) is 118 Å². The van der Waals surface area contributed by atoms with Crippen LogP contribution in [0.2, 0.25) is 10.0 Å². The lowest BCUT2D eigenvalue weighted by atomic mass is 9.84. The Balaban J connectivity index is 1.59. The largest absolute Gasteiger partial charge is 0.292 e. The van der Waals surface area contributed by atoms with Crippen molar-refractivity contribution in [3.05, 3.63) is 83.8 Å². The number of amides is 3. The van der Waals surface area contributed by atoms with Gasteiger partial charge < -0.3 is 0 Å². The molecule has 3 aliphatic rings. The van der Waals surface area contributed by atoms with E-state index in [1.54, 1.807) is 0 Å². The predicted octanol–water partition coefficient (Wildman–Crippen LogP) is 6.59. The van der Waals surface area contributed by atoms with Gasteiger partial charge in [-0.15, -0.1) is 23.2 Å². The lowest BCUT2D eigenvalue weighted by Crippen LogP contribution is -2.56. The van der Waals surface area contributed by atoms with E-state index in [1.165, 1.54) is 18.2 Å². The van der Waals surface area contributed by atoms with E-state index in [-0.39, 0.29) is 36.9 Å². The fourth-order valence-electron chi connectivity index (χ4n) is 5.23. The van der Waals surface area contributed by atoms with Gasteiger partial charge in [0.2, 0.25) is 0 Å². The summed E-state index contributed by atoms with van der Waals surface area (Å²) in [6.07, 6.45) is 0. The van der Waals surface area contributed by atoms with Crippen LogP contribution >= 0.6 is 92.8 Å². The standard InChI is InChI=1S/C24H11Cl8N3O6/c25-12-6-3-10(7-13(12)26)19(37)33(8-14(36)9-1-4-11(5-2-9)35(40)41)34-20(38)15-16(21(34)39)23(30)18(28)17(27)22(15,29)24(23,31)32/h1-7,15-16H,8H2/t15-,16-,22+,23+/m0/s1. The molecule has 2 bridgehead atoms. The fraction of sp³-hybridized carbons (Fsp3) is 0.250. The third-order valence-corrected chi connectivity index (χ3v) is 12.2. The highest BCUT2D eigenvalue weighted by atomic mass is 35.5. The summed E-state index contributed by atoms with van der Waals surface area (Å²) in [5, 5.41) is 11.4. The summed E-state index contributed by atoms with van der Waals surface area (Å²) in [4.78, 5) is 60.9. The van der Waals surface area contributed by atoms with Crippen LogP contribution in [0.4, 0.5) is 5.69 Å². The summed E-state index contributed by atoms with van der Waals surface area (Å²) >= 11 is 51.3. The minimum atomic E-state index is -2.21. The molecule has 0 radical (unpaired) electrons. The third-order valence-electron chi connectivity index (χ3n) is 7.22. The molecule has 1 saturated heterocycles. The number of rotatable bonds is 6. The van der Waals surface area contributed by atoms with Crippen molar-refractivity contribution in [1.29, 1.82) is 0 Å². The van der Waals surface area contributed by atoms with Gasteiger partial charge >= 0.3 is 0 Å². The second kappa shape index (κ2) is 10.1. The maximum absolute atomic E-state index is 13.9. The van der Waals surface area contributed by atoms with Crippen molar-refractivity contribution in [1.82, 2.24) is 10.0 Å². The number of Topliss-reactive ketones (excluding diaryl/α,β-unsaturated/α-hetero) is 1. The number of fused-ring (bicyclic) bond motifs is 5. The van der Waals surface area contributed by atoms with Gasteiger partial charge in [-0.25, -0.2) is 5.01 Å². The van der Waals surface area contributed by atoms with Gasteiger partial charge in [-0.2, -0.15) is 5.01 Å². The summed E-state index contributed by atoms with van der Waals surface area (Å²) in [7, 11) is 0. The van der Waals surface area contributed by atoms with Crippen LogP contribution in [0.1, 0.15) is 20.7 Å². The fourth-order valence-corrected chi connectivity index (χ4v) is 8.45. The van der Waals surface area contributed by atoms with E-state index in [0.29, 0.717) is 10.0 Å². The molecule has 3 amide bonds. The molecule has 2 aromatic rings. The van der Waals surface area contributed by atoms with Gasteiger partial charge in [-0.1, -0.05) is 69.6 Å². The number of alkyl halides is 4. The van der Waals surface area contributed by atoms with Crippen LogP contribution in [-0.2, 0) is 9.59 Å². The van der Waals surface area contributed by atoms with Crippen molar-refractivity contribution in [2.24, 2.45) is 11.8 Å². The van der Waals surface area contributed by atoms with Gasteiger partial charge in [-0.3, -0.25) is 29.3 Å². The van der Waals surface area contributed by atoms with E-state index >= 15 is 0 Å². The number of carbonyl (C=O) groups excluding carboxylic acids is 4. The SMILES string of the molecule is O=C(CN(C(=O)c1ccc(Cl)c(Cl)c1)N1C(=O)[C@@H]2[C@@H](C1=O)[C@@]1(Cl)C(Cl)=C(Cl)[C@@]2(Cl)C1(Cl)Cl)c1ccc([N+](=O)[O-])cc1. The molecule has 214 valence electrons. The summed E-state index contributed by atoms with van der Waals surface area (Å²) in [6, 6.07) is 8.22. The second-order valence-corrected chi connectivity index (χ2v) is 13.4. The number of imide groups is 1. The quantitative estimate of drug-likeness (QED) is 0.109. The predicted molar refractivity (Wildman–Crippen MR) is 154 cm³/mol. The number of halogens is 8. The van der Waals surface area contributed by atoms with Crippen LogP contribution in [0.5, 0.6) is 0 Å². The maximum atomic E-state index is 13.9. The number of hydrogen-bond donors (Lipinski definition) is 0. The van der Waals surface area contributed by atoms with Crippen molar-refractivity contribution >= 4 is 122 Å². The first-order valence-corrected chi connectivity index (χ1v) is 14.3. The Morgan fingerprint density at radius 3 is 1.78 bits per heavy atom. The first kappa shape index (κ1) is 30.6. The zero-order valence-electron chi connectivity index (χ0n) is 19.7. The number of benzene rings is 2. The average molecular weight is 721 g/mol. The minimum Gasteiger partial charge on any atom is -0.292 e. The molecule has 0 unspecified atom stereocenters. The van der Waals surface area contributed by atoms with E-state index in [9.17, 15) is 29.3 Å². The van der Waals surface area contributed by atoms with Crippen LogP contribution < -0.4 is 0 Å². The van der Waals surface area contributed by atoms with Gasteiger partial charge in [0.15, 0.2) is 10.1 Å². The number of nitro benzene ring substituents is 1. The van der Waals surface area contributed by atoms with Crippen molar-refractivity contribution in [2.45, 2.75) is 14.1 Å². The number of nitro groups is 1. The zero-order valence-corrected chi connectivity index (χ0v) is 25.8. The van der Waals surface area contributed by atoms with Crippen molar-refractivity contribution in [3.8, 4) is 0 Å². The Morgan fingerprint density at radius 2 is 1.32 bits per heavy atom. The van der Waals surface area contributed by atoms with E-state index in [1.807, 2.05) is 0 Å². The molecule has 4 atom stereocenters. The van der Waals surface area contributed by atoms with E-state index in [4.69, 9.17) is 92.8 Å². The molecule has 0 spiro atoms. The Morgan fingerprint density at radius 1 is 0.829 bits per heavy atom. The summed E-state index contributed by atoms with van der Waals surface area (Å²) < 4.78 is -2.21. The number of non-ortho nitro benzene ring substituents is 1. The highest BCUT2D eigenvalue weighted by Gasteiger charge is 2.88. The van der Waals surface area contributed by atoms with Gasteiger partial charge in [0.25, 0.3) is 23.4 Å². The van der Waals surface area contributed by atoms with Crippen molar-refractivity contribution < 1.29 is 24.1 Å². The van der Waals surface area contributed by atoms with E-state index in [0.717, 1.165) is 24.3 Å². The van der Waals surface area contributed by atoms with E-state index in [2.05, 4.69) is 0 Å². The Bertz CT molecular complexity index is 1570. The van der Waals surface area contributed by atoms with Crippen LogP contribution in [0, 0.1) is 22.0 Å². The molecular weight excluding hydrogens is 710 g/mol. The van der Waals surface area contributed by atoms with Crippen LogP contribution in [0.15, 0.2) is 52.5 Å². The highest BCUT2D eigenvalue weighted by molar-refractivity contribution is 6.66. The highest BCUT2D eigenvalue weighted by Crippen LogP contribution is 2.77. The molecular formula is C24H11Cl8N3O6. The number of ketones is 1. The number of carbonyl (C=O) groups is 4. The molecule has 0 N–H and O–H groups in total. The Kier molecular flexibility index (Phi) is 7.57. The molecule has 9 nitrogen and oxygen atoms in total. The molecule has 2 aliphatic carbocycles. The molecule has 1 heterocycles. The smallest absolute Gasteiger partial charge is 0.273 e. The second-order valence-electron chi connectivity index (χ2n) is 9.29. The van der Waals surface area contributed by atoms with E-state index < -0.39 is 60.9 Å². The Labute approximate surface area is 270 Å². The normalized spacial score (nSPS) is 27.9. The average Bonchev–Trinajstić information content (AvgIpc) is 3.31. The zero-order chi connectivity index (χ0) is 30.4. The van der Waals surface area contributed by atoms with Gasteiger partial charge in [0.05, 0.1) is 36.9 Å². The molecule has 41 heavy (non-hydrogen) atoms. The first-order valence-electron chi connectivity index (χ1n) is 11.3.